The average Bonchev–Trinajstić information content (AvgIpc) is 3.39. The molecule has 1 aromatic rings. The SMILES string of the molecule is NC(N)=NCCCC(N)C(=O)NC(CC(=O)O)C(=O)NC(Cc1cnc[nH]1)C(=O)NC(CCCN=C(N)N)C(=O)O. The second-order valence-electron chi connectivity index (χ2n) is 8.90. The van der Waals surface area contributed by atoms with Crippen LogP contribution in [0.5, 0.6) is 0 Å². The van der Waals surface area contributed by atoms with E-state index in [2.05, 4.69) is 35.9 Å². The van der Waals surface area contributed by atoms with Crippen LogP contribution in [-0.4, -0.2) is 99.0 Å². The normalized spacial score (nSPS) is 13.5. The van der Waals surface area contributed by atoms with E-state index in [-0.39, 0.29) is 50.7 Å². The van der Waals surface area contributed by atoms with Crippen LogP contribution in [0.3, 0.4) is 0 Å². The molecule has 0 bridgehead atoms. The molecule has 1 rings (SSSR count). The Bertz CT molecular complexity index is 1080. The topological polar surface area (TPSA) is 345 Å². The molecule has 1 heterocycles. The zero-order chi connectivity index (χ0) is 30.9. The first-order chi connectivity index (χ1) is 19.3. The number of aromatic nitrogens is 2. The van der Waals surface area contributed by atoms with Gasteiger partial charge in [-0.05, 0) is 25.7 Å². The Morgan fingerprint density at radius 3 is 1.88 bits per heavy atom. The predicted octanol–water partition coefficient (Wildman–Crippen LogP) is -4.60. The molecule has 19 heteroatoms. The van der Waals surface area contributed by atoms with Crippen molar-refractivity contribution in [1.82, 2.24) is 25.9 Å². The summed E-state index contributed by atoms with van der Waals surface area (Å²) in [6.07, 6.45) is 2.41. The number of carboxylic acid groups (broad SMARTS) is 2. The molecule has 4 atom stereocenters. The molecule has 0 spiro atoms. The number of aliphatic imine (C=N–C) groups is 2. The first kappa shape index (κ1) is 34.1. The Hall–Kier alpha value is -4.94. The number of nitrogens with one attached hydrogen (secondary N) is 4. The first-order valence-corrected chi connectivity index (χ1v) is 12.5. The number of hydrogen-bond donors (Lipinski definition) is 11. The van der Waals surface area contributed by atoms with Crippen LogP contribution < -0.4 is 44.6 Å². The van der Waals surface area contributed by atoms with Gasteiger partial charge in [-0.3, -0.25) is 29.2 Å². The summed E-state index contributed by atoms with van der Waals surface area (Å²) in [4.78, 5) is 76.0. The van der Waals surface area contributed by atoms with E-state index in [0.29, 0.717) is 12.1 Å². The van der Waals surface area contributed by atoms with Gasteiger partial charge in [-0.2, -0.15) is 0 Å². The summed E-state index contributed by atoms with van der Waals surface area (Å²) in [5.74, 6) is -5.73. The Kier molecular flexibility index (Phi) is 14.6. The fourth-order valence-electron chi connectivity index (χ4n) is 3.44. The van der Waals surface area contributed by atoms with Crippen molar-refractivity contribution in [3.63, 3.8) is 0 Å². The Balaban J connectivity index is 2.99. The number of nitrogens with zero attached hydrogens (tertiary/aromatic N) is 3. The molecule has 0 saturated carbocycles. The van der Waals surface area contributed by atoms with Gasteiger partial charge in [-0.25, -0.2) is 9.78 Å². The molecular weight excluding hydrogens is 544 g/mol. The summed E-state index contributed by atoms with van der Waals surface area (Å²) in [6.45, 7) is 0.335. The number of carbonyl (C=O) groups is 5. The number of nitrogens with two attached hydrogens (primary N) is 5. The minimum atomic E-state index is -1.60. The van der Waals surface area contributed by atoms with Crippen LogP contribution in [0.25, 0.3) is 0 Å². The highest BCUT2D eigenvalue weighted by Gasteiger charge is 2.31. The van der Waals surface area contributed by atoms with Crippen molar-refractivity contribution in [1.29, 1.82) is 0 Å². The number of carboxylic acids is 2. The molecule has 0 aliphatic heterocycles. The fourth-order valence-corrected chi connectivity index (χ4v) is 3.44. The van der Waals surface area contributed by atoms with E-state index < -0.39 is 60.2 Å². The van der Waals surface area contributed by atoms with Crippen LogP contribution in [0.2, 0.25) is 0 Å². The zero-order valence-electron chi connectivity index (χ0n) is 22.3. The van der Waals surface area contributed by atoms with Gasteiger partial charge in [0.25, 0.3) is 0 Å². The number of amides is 3. The average molecular weight is 583 g/mol. The molecule has 0 aliphatic rings. The van der Waals surface area contributed by atoms with Crippen LogP contribution >= 0.6 is 0 Å². The first-order valence-electron chi connectivity index (χ1n) is 12.5. The second kappa shape index (κ2) is 17.6. The molecule has 0 fully saturated rings. The third-order valence-corrected chi connectivity index (χ3v) is 5.49. The molecule has 0 radical (unpaired) electrons. The summed E-state index contributed by atoms with van der Waals surface area (Å²) < 4.78 is 0. The van der Waals surface area contributed by atoms with Gasteiger partial charge in [0.05, 0.1) is 18.8 Å². The molecular formula is C22H38N12O7. The smallest absolute Gasteiger partial charge is 0.326 e. The molecule has 41 heavy (non-hydrogen) atoms. The zero-order valence-corrected chi connectivity index (χ0v) is 22.3. The van der Waals surface area contributed by atoms with Crippen molar-refractivity contribution in [3.05, 3.63) is 18.2 Å². The van der Waals surface area contributed by atoms with E-state index in [4.69, 9.17) is 28.7 Å². The van der Waals surface area contributed by atoms with Gasteiger partial charge >= 0.3 is 11.9 Å². The minimum absolute atomic E-state index is 0.0264. The largest absolute Gasteiger partial charge is 0.481 e. The molecule has 1 aromatic heterocycles. The quantitative estimate of drug-likeness (QED) is 0.0416. The van der Waals surface area contributed by atoms with Crippen molar-refractivity contribution in [2.24, 2.45) is 38.7 Å². The van der Waals surface area contributed by atoms with E-state index in [9.17, 15) is 34.2 Å². The van der Waals surface area contributed by atoms with Gasteiger partial charge in [-0.1, -0.05) is 0 Å². The van der Waals surface area contributed by atoms with Gasteiger partial charge in [0.15, 0.2) is 11.9 Å². The van der Waals surface area contributed by atoms with E-state index in [1.54, 1.807) is 0 Å². The number of aliphatic carboxylic acids is 2. The van der Waals surface area contributed by atoms with E-state index in [0.717, 1.165) is 0 Å². The monoisotopic (exact) mass is 582 g/mol. The standard InChI is InChI=1S/C22H38N12O7/c23-12(3-1-5-29-21(24)25)17(37)33-15(8-16(35)36)19(39)34-14(7-11-9-28-10-31-11)18(38)32-13(20(40)41)4-2-6-30-22(26)27/h9-10,12-15H,1-8,23H2,(H,28,31)(H,32,38)(H,33,37)(H,34,39)(H,35,36)(H,40,41)(H4,24,25,29)(H4,26,27,30). The van der Waals surface area contributed by atoms with Gasteiger partial charge in [0.2, 0.25) is 17.7 Å². The second-order valence-corrected chi connectivity index (χ2v) is 8.90. The van der Waals surface area contributed by atoms with Crippen molar-refractivity contribution in [2.45, 2.75) is 62.7 Å². The van der Waals surface area contributed by atoms with E-state index in [1.165, 1.54) is 12.5 Å². The Morgan fingerprint density at radius 2 is 1.37 bits per heavy atom. The molecule has 16 N–H and O–H groups in total. The number of carbonyl (C=O) groups excluding carboxylic acids is 3. The maximum Gasteiger partial charge on any atom is 0.326 e. The molecule has 0 saturated heterocycles. The van der Waals surface area contributed by atoms with Gasteiger partial charge in [-0.15, -0.1) is 0 Å². The number of aromatic amines is 1. The van der Waals surface area contributed by atoms with Crippen LogP contribution in [-0.2, 0) is 30.4 Å². The number of H-pyrrole nitrogens is 1. The van der Waals surface area contributed by atoms with Crippen LogP contribution in [0.1, 0.15) is 37.8 Å². The van der Waals surface area contributed by atoms with Crippen LogP contribution in [0.15, 0.2) is 22.5 Å². The molecule has 228 valence electrons. The van der Waals surface area contributed by atoms with E-state index >= 15 is 0 Å². The highest BCUT2D eigenvalue weighted by atomic mass is 16.4. The lowest BCUT2D eigenvalue weighted by molar-refractivity contribution is -0.143. The fraction of sp³-hybridized carbons (Fsp3) is 0.545. The Morgan fingerprint density at radius 1 is 0.829 bits per heavy atom. The van der Waals surface area contributed by atoms with Gasteiger partial charge in [0.1, 0.15) is 18.1 Å². The summed E-state index contributed by atoms with van der Waals surface area (Å²) >= 11 is 0. The summed E-state index contributed by atoms with van der Waals surface area (Å²) in [6, 6.07) is -5.42. The summed E-state index contributed by atoms with van der Waals surface area (Å²) in [5, 5.41) is 25.9. The van der Waals surface area contributed by atoms with Crippen molar-refractivity contribution in [3.8, 4) is 0 Å². The van der Waals surface area contributed by atoms with Gasteiger partial charge < -0.3 is 59.8 Å². The predicted molar refractivity (Wildman–Crippen MR) is 146 cm³/mol. The lowest BCUT2D eigenvalue weighted by atomic mass is 10.1. The molecule has 0 aromatic carbocycles. The number of guanidine groups is 2. The molecule has 3 amide bonds. The van der Waals surface area contributed by atoms with Crippen molar-refractivity contribution >= 4 is 41.6 Å². The third kappa shape index (κ3) is 14.1. The number of rotatable bonds is 19. The maximum atomic E-state index is 13.1. The van der Waals surface area contributed by atoms with Crippen molar-refractivity contribution < 1.29 is 34.2 Å². The highest BCUT2D eigenvalue weighted by molar-refractivity contribution is 5.95. The summed E-state index contributed by atoms with van der Waals surface area (Å²) in [7, 11) is 0. The van der Waals surface area contributed by atoms with E-state index in [1.807, 2.05) is 0 Å². The highest BCUT2D eigenvalue weighted by Crippen LogP contribution is 2.05. The summed E-state index contributed by atoms with van der Waals surface area (Å²) in [5.41, 5.74) is 27.2. The number of hydrogen-bond acceptors (Lipinski definition) is 9. The third-order valence-electron chi connectivity index (χ3n) is 5.49. The maximum absolute atomic E-state index is 13.1. The lowest BCUT2D eigenvalue weighted by Gasteiger charge is -2.24. The van der Waals surface area contributed by atoms with Crippen LogP contribution in [0, 0.1) is 0 Å². The number of imidazole rings is 1. The van der Waals surface area contributed by atoms with Crippen LogP contribution in [0.4, 0.5) is 0 Å². The Labute approximate surface area is 234 Å². The lowest BCUT2D eigenvalue weighted by Crippen LogP contribution is -2.58. The van der Waals surface area contributed by atoms with Crippen molar-refractivity contribution in [2.75, 3.05) is 13.1 Å². The minimum Gasteiger partial charge on any atom is -0.481 e. The van der Waals surface area contributed by atoms with Gasteiger partial charge in [0, 0.05) is 31.4 Å². The molecule has 19 nitrogen and oxygen atoms in total. The molecule has 0 aliphatic carbocycles. The molecule has 4 unspecified atom stereocenters.